The Morgan fingerprint density at radius 3 is 2.41 bits per heavy atom. The number of esters is 1. The summed E-state index contributed by atoms with van der Waals surface area (Å²) in [4.78, 5) is 13.2. The Balaban J connectivity index is 2.83. The first kappa shape index (κ1) is 13.6. The van der Waals surface area contributed by atoms with E-state index in [0.717, 1.165) is 31.6 Å². The van der Waals surface area contributed by atoms with Crippen molar-refractivity contribution in [1.82, 2.24) is 0 Å². The molecule has 0 saturated heterocycles. The number of anilines is 1. The Kier molecular flexibility index (Phi) is 5.53. The van der Waals surface area contributed by atoms with Crippen LogP contribution in [0.15, 0.2) is 24.3 Å². The predicted octanol–water partition coefficient (Wildman–Crippen LogP) is 3.24. The van der Waals surface area contributed by atoms with Gasteiger partial charge >= 0.3 is 5.97 Å². The van der Waals surface area contributed by atoms with Crippen LogP contribution < -0.4 is 9.64 Å². The zero-order chi connectivity index (χ0) is 12.7. The molecule has 17 heavy (non-hydrogen) atoms. The van der Waals surface area contributed by atoms with Crippen molar-refractivity contribution < 1.29 is 9.53 Å². The van der Waals surface area contributed by atoms with Crippen molar-refractivity contribution in [2.75, 3.05) is 18.0 Å². The Labute approximate surface area is 103 Å². The van der Waals surface area contributed by atoms with Gasteiger partial charge in [-0.2, -0.15) is 0 Å². The first-order valence-corrected chi connectivity index (χ1v) is 6.20. The molecule has 0 unspecified atom stereocenters. The van der Waals surface area contributed by atoms with Crippen molar-refractivity contribution in [3.05, 3.63) is 24.3 Å². The summed E-state index contributed by atoms with van der Waals surface area (Å²) < 4.78 is 5.10. The van der Waals surface area contributed by atoms with Crippen LogP contribution >= 0.6 is 0 Å². The fourth-order valence-corrected chi connectivity index (χ4v) is 1.82. The van der Waals surface area contributed by atoms with E-state index in [-0.39, 0.29) is 5.97 Å². The number of rotatable bonds is 6. The van der Waals surface area contributed by atoms with E-state index in [1.165, 1.54) is 6.92 Å². The summed E-state index contributed by atoms with van der Waals surface area (Å²) in [6, 6.07) is 7.71. The lowest BCUT2D eigenvalue weighted by Crippen LogP contribution is -2.24. The molecule has 0 atom stereocenters. The second-order valence-electron chi connectivity index (χ2n) is 4.08. The minimum absolute atomic E-state index is 0.278. The molecule has 0 amide bonds. The molecule has 1 aromatic carbocycles. The quantitative estimate of drug-likeness (QED) is 0.560. The summed E-state index contributed by atoms with van der Waals surface area (Å²) in [7, 11) is 0. The third kappa shape index (κ3) is 4.47. The molecule has 0 aliphatic heterocycles. The van der Waals surface area contributed by atoms with Crippen molar-refractivity contribution in [3.8, 4) is 5.75 Å². The fourth-order valence-electron chi connectivity index (χ4n) is 1.82. The van der Waals surface area contributed by atoms with E-state index in [2.05, 4.69) is 24.8 Å². The van der Waals surface area contributed by atoms with Crippen LogP contribution in [0.5, 0.6) is 5.75 Å². The number of hydrogen-bond acceptors (Lipinski definition) is 3. The highest BCUT2D eigenvalue weighted by Gasteiger charge is 2.06. The summed E-state index contributed by atoms with van der Waals surface area (Å²) in [5.74, 6) is 0.340. The molecule has 3 nitrogen and oxygen atoms in total. The number of nitrogens with zero attached hydrogens (tertiary/aromatic N) is 1. The number of carbonyl (C=O) groups excluding carboxylic acids is 1. The van der Waals surface area contributed by atoms with E-state index in [0.29, 0.717) is 5.75 Å². The van der Waals surface area contributed by atoms with Crippen LogP contribution in [-0.2, 0) is 4.79 Å². The Morgan fingerprint density at radius 2 is 1.88 bits per heavy atom. The molecule has 0 fully saturated rings. The molecule has 94 valence electrons. The summed E-state index contributed by atoms with van der Waals surface area (Å²) in [6.07, 6.45) is 2.22. The molecule has 0 aliphatic carbocycles. The lowest BCUT2D eigenvalue weighted by molar-refractivity contribution is -0.131. The third-order valence-electron chi connectivity index (χ3n) is 2.43. The normalized spacial score (nSPS) is 10.1. The van der Waals surface area contributed by atoms with Crippen LogP contribution in [-0.4, -0.2) is 19.1 Å². The molecule has 0 N–H and O–H groups in total. The van der Waals surface area contributed by atoms with Gasteiger partial charge in [0.05, 0.1) is 0 Å². The highest BCUT2D eigenvalue weighted by Crippen LogP contribution is 2.21. The molecular formula is C14H21NO2. The van der Waals surface area contributed by atoms with Gasteiger partial charge in [0, 0.05) is 31.8 Å². The number of ether oxygens (including phenoxy) is 1. The van der Waals surface area contributed by atoms with Gasteiger partial charge in [-0.1, -0.05) is 19.9 Å². The van der Waals surface area contributed by atoms with Crippen LogP contribution in [0.3, 0.4) is 0 Å². The second kappa shape index (κ2) is 6.94. The van der Waals surface area contributed by atoms with E-state index < -0.39 is 0 Å². The first-order valence-electron chi connectivity index (χ1n) is 6.20. The average molecular weight is 235 g/mol. The van der Waals surface area contributed by atoms with Gasteiger partial charge in [0.2, 0.25) is 0 Å². The number of hydrogen-bond donors (Lipinski definition) is 0. The number of benzene rings is 1. The van der Waals surface area contributed by atoms with Gasteiger partial charge in [0.15, 0.2) is 0 Å². The molecule has 3 heteroatoms. The summed E-state index contributed by atoms with van der Waals surface area (Å²) in [5.41, 5.74) is 1.12. The monoisotopic (exact) mass is 235 g/mol. The van der Waals surface area contributed by atoms with Crippen LogP contribution in [0.2, 0.25) is 0 Å². The smallest absolute Gasteiger partial charge is 0.308 e. The maximum atomic E-state index is 10.9. The maximum Gasteiger partial charge on any atom is 0.308 e. The van der Waals surface area contributed by atoms with E-state index in [1.807, 2.05) is 12.1 Å². The topological polar surface area (TPSA) is 29.5 Å². The van der Waals surface area contributed by atoms with E-state index >= 15 is 0 Å². The average Bonchev–Trinajstić information content (AvgIpc) is 2.28. The molecule has 1 rings (SSSR count). The highest BCUT2D eigenvalue weighted by atomic mass is 16.5. The van der Waals surface area contributed by atoms with Crippen LogP contribution in [0, 0.1) is 0 Å². The number of carbonyl (C=O) groups is 1. The largest absolute Gasteiger partial charge is 0.427 e. The standard InChI is InChI=1S/C14H21NO2/c1-4-9-15(10-5-2)13-7-6-8-14(11-13)17-12(3)16/h6-8,11H,4-5,9-10H2,1-3H3. The van der Waals surface area contributed by atoms with E-state index in [4.69, 9.17) is 4.74 Å². The molecule has 0 aliphatic rings. The molecule has 0 radical (unpaired) electrons. The van der Waals surface area contributed by atoms with E-state index in [1.54, 1.807) is 6.07 Å². The van der Waals surface area contributed by atoms with Crippen molar-refractivity contribution in [3.63, 3.8) is 0 Å². The lowest BCUT2D eigenvalue weighted by Gasteiger charge is -2.24. The summed E-state index contributed by atoms with van der Waals surface area (Å²) >= 11 is 0. The SMILES string of the molecule is CCCN(CCC)c1cccc(OC(C)=O)c1. The van der Waals surface area contributed by atoms with Crippen molar-refractivity contribution in [1.29, 1.82) is 0 Å². The van der Waals surface area contributed by atoms with Crippen molar-refractivity contribution in [2.45, 2.75) is 33.6 Å². The van der Waals surface area contributed by atoms with Gasteiger partial charge in [-0.05, 0) is 25.0 Å². The first-order chi connectivity index (χ1) is 8.17. The van der Waals surface area contributed by atoms with Gasteiger partial charge in [0.25, 0.3) is 0 Å². The Morgan fingerprint density at radius 1 is 1.24 bits per heavy atom. The zero-order valence-corrected chi connectivity index (χ0v) is 10.9. The summed E-state index contributed by atoms with van der Waals surface area (Å²) in [5, 5.41) is 0. The van der Waals surface area contributed by atoms with Crippen LogP contribution in [0.4, 0.5) is 5.69 Å². The second-order valence-corrected chi connectivity index (χ2v) is 4.08. The molecule has 0 bridgehead atoms. The van der Waals surface area contributed by atoms with Gasteiger partial charge < -0.3 is 9.64 Å². The molecule has 1 aromatic rings. The fraction of sp³-hybridized carbons (Fsp3) is 0.500. The molecule has 0 spiro atoms. The summed E-state index contributed by atoms with van der Waals surface area (Å²) in [6.45, 7) is 7.80. The van der Waals surface area contributed by atoms with Gasteiger partial charge in [0.1, 0.15) is 5.75 Å². The Bertz CT molecular complexity index is 357. The van der Waals surface area contributed by atoms with Gasteiger partial charge in [-0.3, -0.25) is 4.79 Å². The molecule has 0 aromatic heterocycles. The molecular weight excluding hydrogens is 214 g/mol. The van der Waals surface area contributed by atoms with Crippen LogP contribution in [0.25, 0.3) is 0 Å². The lowest BCUT2D eigenvalue weighted by atomic mass is 10.2. The van der Waals surface area contributed by atoms with Crippen molar-refractivity contribution in [2.24, 2.45) is 0 Å². The minimum Gasteiger partial charge on any atom is -0.427 e. The zero-order valence-electron chi connectivity index (χ0n) is 10.9. The van der Waals surface area contributed by atoms with Crippen molar-refractivity contribution >= 4 is 11.7 Å². The highest BCUT2D eigenvalue weighted by molar-refractivity contribution is 5.70. The van der Waals surface area contributed by atoms with Gasteiger partial charge in [-0.25, -0.2) is 0 Å². The minimum atomic E-state index is -0.278. The molecule has 0 heterocycles. The van der Waals surface area contributed by atoms with Crippen LogP contribution in [0.1, 0.15) is 33.6 Å². The Hall–Kier alpha value is -1.51. The predicted molar refractivity (Wildman–Crippen MR) is 70.5 cm³/mol. The van der Waals surface area contributed by atoms with Gasteiger partial charge in [-0.15, -0.1) is 0 Å². The third-order valence-corrected chi connectivity index (χ3v) is 2.43. The molecule has 0 saturated carbocycles. The maximum absolute atomic E-state index is 10.9. The van der Waals surface area contributed by atoms with E-state index in [9.17, 15) is 4.79 Å².